The summed E-state index contributed by atoms with van der Waals surface area (Å²) in [6, 6.07) is 12.8. The number of methoxy groups -OCH3 is 2. The van der Waals surface area contributed by atoms with Crippen LogP contribution in [-0.4, -0.2) is 20.1 Å². The number of halogens is 1. The lowest BCUT2D eigenvalue weighted by molar-refractivity contribution is -0.118. The molecule has 0 heterocycles. The molecular weight excluding hydrogens is 314 g/mol. The van der Waals surface area contributed by atoms with Gasteiger partial charge in [-0.15, -0.1) is 0 Å². The molecule has 23 heavy (non-hydrogen) atoms. The number of hydrogen-bond donors (Lipinski definition) is 1. The number of rotatable bonds is 5. The van der Waals surface area contributed by atoms with Crippen molar-refractivity contribution < 1.29 is 14.3 Å². The molecule has 120 valence electrons. The maximum atomic E-state index is 12.8. The molecule has 0 atom stereocenters. The van der Waals surface area contributed by atoms with Crippen molar-refractivity contribution in [3.05, 3.63) is 53.1 Å². The van der Waals surface area contributed by atoms with Gasteiger partial charge in [0, 0.05) is 28.9 Å². The molecular formula is C18H18ClNO3. The first kappa shape index (κ1) is 15.7. The zero-order valence-corrected chi connectivity index (χ0v) is 13.8. The summed E-state index contributed by atoms with van der Waals surface area (Å²) in [7, 11) is 3.16. The van der Waals surface area contributed by atoms with Crippen molar-refractivity contribution in [2.24, 2.45) is 0 Å². The predicted octanol–water partition coefficient (Wildman–Crippen LogP) is 4.03. The minimum atomic E-state index is -0.457. The van der Waals surface area contributed by atoms with Gasteiger partial charge < -0.3 is 14.8 Å². The Labute approximate surface area is 140 Å². The third-order valence-corrected chi connectivity index (χ3v) is 4.44. The molecule has 1 aliphatic rings. The first-order valence-corrected chi connectivity index (χ1v) is 7.76. The Morgan fingerprint density at radius 1 is 1.04 bits per heavy atom. The van der Waals surface area contributed by atoms with E-state index in [1.807, 2.05) is 24.3 Å². The lowest BCUT2D eigenvalue weighted by Gasteiger charge is -2.17. The highest BCUT2D eigenvalue weighted by Crippen LogP contribution is 2.49. The van der Waals surface area contributed by atoms with Crippen LogP contribution in [0.3, 0.4) is 0 Å². The second-order valence-electron chi connectivity index (χ2n) is 5.64. The van der Waals surface area contributed by atoms with Gasteiger partial charge in [-0.2, -0.15) is 0 Å². The number of nitrogens with one attached hydrogen (secondary N) is 1. The Hall–Kier alpha value is -2.20. The molecule has 1 fully saturated rings. The normalized spacial score (nSPS) is 14.9. The van der Waals surface area contributed by atoms with E-state index in [1.54, 1.807) is 32.4 Å². The largest absolute Gasteiger partial charge is 0.497 e. The Bertz CT molecular complexity index is 701. The molecule has 0 saturated heterocycles. The Morgan fingerprint density at radius 3 is 2.09 bits per heavy atom. The number of amides is 1. The minimum absolute atomic E-state index is 0.0184. The van der Waals surface area contributed by atoms with Gasteiger partial charge >= 0.3 is 0 Å². The van der Waals surface area contributed by atoms with Crippen LogP contribution in [0.2, 0.25) is 5.02 Å². The van der Waals surface area contributed by atoms with E-state index < -0.39 is 5.41 Å². The Kier molecular flexibility index (Phi) is 4.18. The maximum Gasteiger partial charge on any atom is 0.235 e. The van der Waals surface area contributed by atoms with Gasteiger partial charge in [0.25, 0.3) is 0 Å². The van der Waals surface area contributed by atoms with Gasteiger partial charge in [0.1, 0.15) is 11.5 Å². The topological polar surface area (TPSA) is 47.6 Å². The fourth-order valence-electron chi connectivity index (χ4n) is 2.67. The number of anilines is 1. The van der Waals surface area contributed by atoms with E-state index >= 15 is 0 Å². The summed E-state index contributed by atoms with van der Waals surface area (Å²) in [4.78, 5) is 12.8. The molecule has 2 aromatic rings. The number of hydrogen-bond acceptors (Lipinski definition) is 3. The lowest BCUT2D eigenvalue weighted by Crippen LogP contribution is -2.27. The third kappa shape index (κ3) is 3.13. The minimum Gasteiger partial charge on any atom is -0.497 e. The summed E-state index contributed by atoms with van der Waals surface area (Å²) in [6.07, 6.45) is 1.67. The molecule has 1 saturated carbocycles. The van der Waals surface area contributed by atoms with E-state index in [0.29, 0.717) is 22.2 Å². The highest BCUT2D eigenvalue weighted by molar-refractivity contribution is 6.30. The quantitative estimate of drug-likeness (QED) is 0.900. The smallest absolute Gasteiger partial charge is 0.235 e. The second-order valence-corrected chi connectivity index (χ2v) is 6.08. The van der Waals surface area contributed by atoms with Crippen LogP contribution in [0.5, 0.6) is 11.5 Å². The number of benzene rings is 2. The van der Waals surface area contributed by atoms with Gasteiger partial charge in [-0.1, -0.05) is 23.7 Å². The van der Waals surface area contributed by atoms with Gasteiger partial charge in [0.05, 0.1) is 19.6 Å². The Balaban J connectivity index is 1.83. The van der Waals surface area contributed by atoms with Crippen LogP contribution < -0.4 is 14.8 Å². The fourth-order valence-corrected chi connectivity index (χ4v) is 2.80. The van der Waals surface area contributed by atoms with Crippen molar-refractivity contribution >= 4 is 23.2 Å². The van der Waals surface area contributed by atoms with Gasteiger partial charge in [-0.05, 0) is 30.5 Å². The molecule has 0 aromatic heterocycles. The predicted molar refractivity (Wildman–Crippen MR) is 90.5 cm³/mol. The van der Waals surface area contributed by atoms with E-state index in [2.05, 4.69) is 5.32 Å². The molecule has 1 aliphatic carbocycles. The van der Waals surface area contributed by atoms with E-state index in [9.17, 15) is 4.79 Å². The standard InChI is InChI=1S/C18H18ClNO3/c1-22-15-9-14(10-16(11-15)23-2)20-17(21)18(7-8-18)12-3-5-13(19)6-4-12/h3-6,9-11H,7-8H2,1-2H3,(H,20,21). The molecule has 0 unspecified atom stereocenters. The highest BCUT2D eigenvalue weighted by atomic mass is 35.5. The monoisotopic (exact) mass is 331 g/mol. The average Bonchev–Trinajstić information content (AvgIpc) is 3.37. The average molecular weight is 332 g/mol. The van der Waals surface area contributed by atoms with Gasteiger partial charge in [0.15, 0.2) is 0 Å². The van der Waals surface area contributed by atoms with E-state index in [-0.39, 0.29) is 5.91 Å². The van der Waals surface area contributed by atoms with Crippen molar-refractivity contribution in [2.45, 2.75) is 18.3 Å². The molecule has 0 bridgehead atoms. The van der Waals surface area contributed by atoms with Crippen LogP contribution in [0, 0.1) is 0 Å². The summed E-state index contributed by atoms with van der Waals surface area (Å²) >= 11 is 5.93. The molecule has 0 spiro atoms. The number of carbonyl (C=O) groups is 1. The SMILES string of the molecule is COc1cc(NC(=O)C2(c3ccc(Cl)cc3)CC2)cc(OC)c1. The third-order valence-electron chi connectivity index (χ3n) is 4.19. The van der Waals surface area contributed by atoms with Crippen LogP contribution in [0.15, 0.2) is 42.5 Å². The van der Waals surface area contributed by atoms with Crippen LogP contribution in [-0.2, 0) is 10.2 Å². The van der Waals surface area contributed by atoms with Crippen molar-refractivity contribution in [1.29, 1.82) is 0 Å². The Morgan fingerprint density at radius 2 is 1.61 bits per heavy atom. The molecule has 2 aromatic carbocycles. The molecule has 1 N–H and O–H groups in total. The summed E-state index contributed by atoms with van der Waals surface area (Å²) in [5, 5.41) is 3.64. The maximum absolute atomic E-state index is 12.8. The van der Waals surface area contributed by atoms with Crippen molar-refractivity contribution in [2.75, 3.05) is 19.5 Å². The highest BCUT2D eigenvalue weighted by Gasteiger charge is 2.51. The number of ether oxygens (including phenoxy) is 2. The first-order chi connectivity index (χ1) is 11.1. The molecule has 0 radical (unpaired) electrons. The molecule has 3 rings (SSSR count). The molecule has 4 nitrogen and oxygen atoms in total. The van der Waals surface area contributed by atoms with E-state index in [4.69, 9.17) is 21.1 Å². The van der Waals surface area contributed by atoms with Crippen LogP contribution in [0.25, 0.3) is 0 Å². The fraction of sp³-hybridized carbons (Fsp3) is 0.278. The number of carbonyl (C=O) groups excluding carboxylic acids is 1. The first-order valence-electron chi connectivity index (χ1n) is 7.38. The summed E-state index contributed by atoms with van der Waals surface area (Å²) in [6.45, 7) is 0. The molecule has 0 aliphatic heterocycles. The van der Waals surface area contributed by atoms with Crippen molar-refractivity contribution in [1.82, 2.24) is 0 Å². The summed E-state index contributed by atoms with van der Waals surface area (Å²) < 4.78 is 10.5. The second kappa shape index (κ2) is 6.13. The summed E-state index contributed by atoms with van der Waals surface area (Å²) in [5.41, 5.74) is 1.20. The molecule has 5 heteroatoms. The van der Waals surface area contributed by atoms with E-state index in [1.165, 1.54) is 0 Å². The molecule has 1 amide bonds. The van der Waals surface area contributed by atoms with Crippen LogP contribution in [0.4, 0.5) is 5.69 Å². The van der Waals surface area contributed by atoms with E-state index in [0.717, 1.165) is 18.4 Å². The van der Waals surface area contributed by atoms with Crippen LogP contribution >= 0.6 is 11.6 Å². The van der Waals surface area contributed by atoms with Gasteiger partial charge in [0.2, 0.25) is 5.91 Å². The zero-order chi connectivity index (χ0) is 16.4. The van der Waals surface area contributed by atoms with Gasteiger partial charge in [-0.25, -0.2) is 0 Å². The van der Waals surface area contributed by atoms with Crippen molar-refractivity contribution in [3.8, 4) is 11.5 Å². The van der Waals surface area contributed by atoms with Crippen molar-refractivity contribution in [3.63, 3.8) is 0 Å². The zero-order valence-electron chi connectivity index (χ0n) is 13.1. The van der Waals surface area contributed by atoms with Crippen LogP contribution in [0.1, 0.15) is 18.4 Å². The lowest BCUT2D eigenvalue weighted by atomic mass is 9.95. The summed E-state index contributed by atoms with van der Waals surface area (Å²) in [5.74, 6) is 1.25. The van der Waals surface area contributed by atoms with Gasteiger partial charge in [-0.3, -0.25) is 4.79 Å².